The van der Waals surface area contributed by atoms with Crippen LogP contribution >= 0.6 is 34.9 Å². The SMILES string of the molecule is CSCC[C@H](N)C(=O)Nc1ccc(Sc2nncs2)cc1. The molecule has 0 aliphatic carbocycles. The minimum atomic E-state index is -0.465. The van der Waals surface area contributed by atoms with E-state index in [0.717, 1.165) is 20.7 Å². The number of carbonyl (C=O) groups is 1. The number of nitrogens with one attached hydrogen (secondary N) is 1. The second-order valence-corrected chi connectivity index (χ2v) is 7.35. The summed E-state index contributed by atoms with van der Waals surface area (Å²) in [6.45, 7) is 0. The Morgan fingerprint density at radius 2 is 2.19 bits per heavy atom. The van der Waals surface area contributed by atoms with Crippen molar-refractivity contribution in [1.29, 1.82) is 0 Å². The quantitative estimate of drug-likeness (QED) is 0.806. The standard InChI is InChI=1S/C13H16N4OS3/c1-19-7-6-11(14)12(18)16-9-2-4-10(5-3-9)21-13-17-15-8-20-13/h2-5,8,11H,6-7,14H2,1H3,(H,16,18)/t11-/m0/s1. The van der Waals surface area contributed by atoms with Crippen molar-refractivity contribution in [3.05, 3.63) is 29.8 Å². The van der Waals surface area contributed by atoms with Gasteiger partial charge in [-0.2, -0.15) is 11.8 Å². The van der Waals surface area contributed by atoms with Crippen molar-refractivity contribution >= 4 is 46.5 Å². The first-order valence-electron chi connectivity index (χ1n) is 6.28. The molecule has 8 heteroatoms. The van der Waals surface area contributed by atoms with E-state index in [2.05, 4.69) is 15.5 Å². The van der Waals surface area contributed by atoms with Crippen LogP contribution in [0.15, 0.2) is 39.0 Å². The second-order valence-electron chi connectivity index (χ2n) is 4.21. The van der Waals surface area contributed by atoms with Gasteiger partial charge in [0.05, 0.1) is 6.04 Å². The van der Waals surface area contributed by atoms with Crippen LogP contribution in [0.3, 0.4) is 0 Å². The van der Waals surface area contributed by atoms with E-state index in [1.165, 1.54) is 11.3 Å². The monoisotopic (exact) mass is 340 g/mol. The molecule has 0 aliphatic heterocycles. The molecular weight excluding hydrogens is 324 g/mol. The summed E-state index contributed by atoms with van der Waals surface area (Å²) >= 11 is 4.73. The van der Waals surface area contributed by atoms with Crippen LogP contribution in [0.4, 0.5) is 5.69 Å². The Morgan fingerprint density at radius 1 is 1.43 bits per heavy atom. The summed E-state index contributed by atoms with van der Waals surface area (Å²) in [4.78, 5) is 12.9. The summed E-state index contributed by atoms with van der Waals surface area (Å²) in [5, 5.41) is 10.6. The summed E-state index contributed by atoms with van der Waals surface area (Å²) < 4.78 is 0.894. The van der Waals surface area contributed by atoms with Gasteiger partial charge in [-0.05, 0) is 42.7 Å². The molecular formula is C13H16N4OS3. The average molecular weight is 340 g/mol. The molecule has 1 aromatic heterocycles. The fourth-order valence-electron chi connectivity index (χ4n) is 1.53. The van der Waals surface area contributed by atoms with Gasteiger partial charge in [-0.15, -0.1) is 10.2 Å². The molecule has 3 N–H and O–H groups in total. The smallest absolute Gasteiger partial charge is 0.241 e. The predicted molar refractivity (Wildman–Crippen MR) is 90.1 cm³/mol. The van der Waals surface area contributed by atoms with Gasteiger partial charge in [0, 0.05) is 10.6 Å². The highest BCUT2D eigenvalue weighted by Crippen LogP contribution is 2.29. The van der Waals surface area contributed by atoms with E-state index in [1.807, 2.05) is 30.5 Å². The van der Waals surface area contributed by atoms with Gasteiger partial charge in [0.15, 0.2) is 4.34 Å². The Kier molecular flexibility index (Phi) is 6.50. The molecule has 5 nitrogen and oxygen atoms in total. The Bertz CT molecular complexity index is 559. The molecule has 0 saturated heterocycles. The summed E-state index contributed by atoms with van der Waals surface area (Å²) in [6.07, 6.45) is 2.68. The number of hydrogen-bond donors (Lipinski definition) is 2. The van der Waals surface area contributed by atoms with Crippen molar-refractivity contribution in [3.8, 4) is 0 Å². The first-order valence-corrected chi connectivity index (χ1v) is 9.37. The number of anilines is 1. The highest BCUT2D eigenvalue weighted by Gasteiger charge is 2.12. The molecule has 21 heavy (non-hydrogen) atoms. The van der Waals surface area contributed by atoms with Crippen molar-refractivity contribution in [2.75, 3.05) is 17.3 Å². The van der Waals surface area contributed by atoms with Crippen LogP contribution in [0.2, 0.25) is 0 Å². The Labute approximate surface area is 136 Å². The maximum atomic E-state index is 11.9. The van der Waals surface area contributed by atoms with Gasteiger partial charge in [0.2, 0.25) is 5.91 Å². The van der Waals surface area contributed by atoms with E-state index in [0.29, 0.717) is 6.42 Å². The zero-order valence-electron chi connectivity index (χ0n) is 11.5. The predicted octanol–water partition coefficient (Wildman–Crippen LogP) is 2.71. The molecule has 2 rings (SSSR count). The third-order valence-electron chi connectivity index (χ3n) is 2.64. The number of amides is 1. The lowest BCUT2D eigenvalue weighted by molar-refractivity contribution is -0.117. The molecule has 0 fully saturated rings. The number of rotatable bonds is 7. The maximum absolute atomic E-state index is 11.9. The average Bonchev–Trinajstić information content (AvgIpc) is 2.99. The van der Waals surface area contributed by atoms with Crippen molar-refractivity contribution < 1.29 is 4.79 Å². The minimum absolute atomic E-state index is 0.145. The highest BCUT2D eigenvalue weighted by atomic mass is 32.2. The largest absolute Gasteiger partial charge is 0.325 e. The number of benzene rings is 1. The van der Waals surface area contributed by atoms with E-state index >= 15 is 0 Å². The number of nitrogens with two attached hydrogens (primary N) is 1. The maximum Gasteiger partial charge on any atom is 0.241 e. The molecule has 0 aliphatic rings. The van der Waals surface area contributed by atoms with Crippen LogP contribution in [-0.4, -0.2) is 34.2 Å². The van der Waals surface area contributed by atoms with Crippen molar-refractivity contribution in [2.45, 2.75) is 21.7 Å². The van der Waals surface area contributed by atoms with Crippen molar-refractivity contribution in [1.82, 2.24) is 10.2 Å². The molecule has 0 bridgehead atoms. The molecule has 1 amide bonds. The van der Waals surface area contributed by atoms with E-state index in [9.17, 15) is 4.79 Å². The first kappa shape index (κ1) is 16.3. The molecule has 2 aromatic rings. The molecule has 0 radical (unpaired) electrons. The lowest BCUT2D eigenvalue weighted by Crippen LogP contribution is -2.36. The second kappa shape index (κ2) is 8.38. The lowest BCUT2D eigenvalue weighted by atomic mass is 10.2. The van der Waals surface area contributed by atoms with Crippen LogP contribution in [0.5, 0.6) is 0 Å². The van der Waals surface area contributed by atoms with Crippen LogP contribution < -0.4 is 11.1 Å². The Morgan fingerprint density at radius 3 is 2.81 bits per heavy atom. The molecule has 112 valence electrons. The number of carbonyl (C=O) groups excluding carboxylic acids is 1. The zero-order chi connectivity index (χ0) is 15.1. The Balaban J connectivity index is 1.88. The van der Waals surface area contributed by atoms with Gasteiger partial charge in [-0.1, -0.05) is 23.1 Å². The van der Waals surface area contributed by atoms with E-state index in [-0.39, 0.29) is 5.91 Å². The number of nitrogens with zero attached hydrogens (tertiary/aromatic N) is 2. The van der Waals surface area contributed by atoms with E-state index in [4.69, 9.17) is 5.73 Å². The number of thioether (sulfide) groups is 1. The van der Waals surface area contributed by atoms with E-state index < -0.39 is 6.04 Å². The van der Waals surface area contributed by atoms with Crippen LogP contribution in [-0.2, 0) is 4.79 Å². The van der Waals surface area contributed by atoms with Gasteiger partial charge < -0.3 is 11.1 Å². The third kappa shape index (κ3) is 5.31. The minimum Gasteiger partial charge on any atom is -0.325 e. The highest BCUT2D eigenvalue weighted by molar-refractivity contribution is 8.01. The molecule has 1 heterocycles. The van der Waals surface area contributed by atoms with Crippen LogP contribution in [0.25, 0.3) is 0 Å². The summed E-state index contributed by atoms with van der Waals surface area (Å²) in [7, 11) is 0. The van der Waals surface area contributed by atoms with Gasteiger partial charge in [-0.3, -0.25) is 4.79 Å². The summed E-state index contributed by atoms with van der Waals surface area (Å²) in [5.74, 6) is 0.736. The lowest BCUT2D eigenvalue weighted by Gasteiger charge is -2.11. The topological polar surface area (TPSA) is 80.9 Å². The number of aromatic nitrogens is 2. The van der Waals surface area contributed by atoms with Gasteiger partial charge in [0.1, 0.15) is 5.51 Å². The normalized spacial score (nSPS) is 12.1. The van der Waals surface area contributed by atoms with Crippen molar-refractivity contribution in [2.24, 2.45) is 5.73 Å². The first-order chi connectivity index (χ1) is 10.2. The van der Waals surface area contributed by atoms with E-state index in [1.54, 1.807) is 29.0 Å². The third-order valence-corrected chi connectivity index (χ3v) is 5.07. The van der Waals surface area contributed by atoms with Crippen molar-refractivity contribution in [3.63, 3.8) is 0 Å². The number of hydrogen-bond acceptors (Lipinski definition) is 7. The molecule has 0 unspecified atom stereocenters. The fraction of sp³-hybridized carbons (Fsp3) is 0.308. The molecule has 1 atom stereocenters. The van der Waals surface area contributed by atoms with Gasteiger partial charge in [-0.25, -0.2) is 0 Å². The van der Waals surface area contributed by atoms with Crippen LogP contribution in [0, 0.1) is 0 Å². The summed E-state index contributed by atoms with van der Waals surface area (Å²) in [5.41, 5.74) is 8.28. The molecule has 0 spiro atoms. The van der Waals surface area contributed by atoms with Gasteiger partial charge >= 0.3 is 0 Å². The van der Waals surface area contributed by atoms with Gasteiger partial charge in [0.25, 0.3) is 0 Å². The van der Waals surface area contributed by atoms with Crippen LogP contribution in [0.1, 0.15) is 6.42 Å². The fourth-order valence-corrected chi connectivity index (χ4v) is 3.47. The zero-order valence-corrected chi connectivity index (χ0v) is 13.9. The summed E-state index contributed by atoms with van der Waals surface area (Å²) in [6, 6.07) is 7.14. The molecule has 1 aromatic carbocycles. The molecule has 0 saturated carbocycles. The Hall–Kier alpha value is -1.09.